The van der Waals surface area contributed by atoms with Crippen molar-refractivity contribution in [2.45, 2.75) is 13.0 Å². The monoisotopic (exact) mass is 331 g/mol. The number of carbonyl (C=O) groups is 2. The molecule has 2 aromatic rings. The maximum atomic E-state index is 13.1. The molecule has 0 aromatic heterocycles. The maximum Gasteiger partial charge on any atom is 0.270 e. The Kier molecular flexibility index (Phi) is 5.20. The van der Waals surface area contributed by atoms with Crippen LogP contribution in [0, 0.1) is 15.9 Å². The fraction of sp³-hybridized carbons (Fsp3) is 0.125. The van der Waals surface area contributed by atoms with Gasteiger partial charge in [-0.2, -0.15) is 0 Å². The Hall–Kier alpha value is -3.29. The number of hydrogen-bond acceptors (Lipinski definition) is 4. The van der Waals surface area contributed by atoms with Crippen LogP contribution >= 0.6 is 0 Å². The molecule has 7 nitrogen and oxygen atoms in total. The van der Waals surface area contributed by atoms with Crippen LogP contribution in [-0.2, 0) is 4.79 Å². The third-order valence-corrected chi connectivity index (χ3v) is 3.15. The Morgan fingerprint density at radius 1 is 1.17 bits per heavy atom. The van der Waals surface area contributed by atoms with E-state index in [4.69, 9.17) is 0 Å². The van der Waals surface area contributed by atoms with E-state index in [0.717, 1.165) is 12.1 Å². The van der Waals surface area contributed by atoms with Crippen LogP contribution in [-0.4, -0.2) is 22.8 Å². The first-order valence-electron chi connectivity index (χ1n) is 6.98. The van der Waals surface area contributed by atoms with Gasteiger partial charge in [0, 0.05) is 23.4 Å². The fourth-order valence-corrected chi connectivity index (χ4v) is 1.92. The molecule has 124 valence electrons. The van der Waals surface area contributed by atoms with Gasteiger partial charge in [-0.15, -0.1) is 0 Å². The molecule has 0 spiro atoms. The molecule has 24 heavy (non-hydrogen) atoms. The van der Waals surface area contributed by atoms with Crippen molar-refractivity contribution in [3.8, 4) is 0 Å². The number of rotatable bonds is 5. The highest BCUT2D eigenvalue weighted by molar-refractivity contribution is 6.01. The van der Waals surface area contributed by atoms with Gasteiger partial charge < -0.3 is 10.6 Å². The van der Waals surface area contributed by atoms with E-state index >= 15 is 0 Å². The van der Waals surface area contributed by atoms with Gasteiger partial charge in [-0.1, -0.05) is 12.1 Å². The third kappa shape index (κ3) is 4.35. The van der Waals surface area contributed by atoms with Crippen LogP contribution in [0.5, 0.6) is 0 Å². The van der Waals surface area contributed by atoms with E-state index < -0.39 is 28.6 Å². The molecule has 0 saturated heterocycles. The van der Waals surface area contributed by atoms with Crippen LogP contribution in [0.3, 0.4) is 0 Å². The summed E-state index contributed by atoms with van der Waals surface area (Å²) in [5.41, 5.74) is 0.102. The number of benzene rings is 2. The average Bonchev–Trinajstić information content (AvgIpc) is 2.54. The molecule has 0 saturated carbocycles. The predicted octanol–water partition coefficient (Wildman–Crippen LogP) is 2.49. The predicted molar refractivity (Wildman–Crippen MR) is 85.1 cm³/mol. The van der Waals surface area contributed by atoms with Crippen LogP contribution < -0.4 is 10.6 Å². The first-order chi connectivity index (χ1) is 11.4. The van der Waals surface area contributed by atoms with Crippen molar-refractivity contribution in [3.63, 3.8) is 0 Å². The summed E-state index contributed by atoms with van der Waals surface area (Å²) in [4.78, 5) is 34.2. The molecule has 0 aliphatic heterocycles. The topological polar surface area (TPSA) is 101 Å². The Morgan fingerprint density at radius 2 is 1.88 bits per heavy atom. The van der Waals surface area contributed by atoms with Gasteiger partial charge in [0.2, 0.25) is 5.91 Å². The Balaban J connectivity index is 2.01. The molecule has 0 heterocycles. The number of nitro groups is 1. The fourth-order valence-electron chi connectivity index (χ4n) is 1.92. The summed E-state index contributed by atoms with van der Waals surface area (Å²) in [6.07, 6.45) is 0. The summed E-state index contributed by atoms with van der Waals surface area (Å²) >= 11 is 0. The van der Waals surface area contributed by atoms with Crippen LogP contribution in [0.1, 0.15) is 17.3 Å². The van der Waals surface area contributed by atoms with E-state index in [1.165, 1.54) is 43.3 Å². The quantitative estimate of drug-likeness (QED) is 0.649. The summed E-state index contributed by atoms with van der Waals surface area (Å²) in [5, 5.41) is 15.6. The summed E-state index contributed by atoms with van der Waals surface area (Å²) in [5.74, 6) is -1.67. The van der Waals surface area contributed by atoms with E-state index in [2.05, 4.69) is 10.6 Å². The van der Waals surface area contributed by atoms with Crippen molar-refractivity contribution in [2.24, 2.45) is 0 Å². The molecular weight excluding hydrogens is 317 g/mol. The molecule has 0 radical (unpaired) electrons. The van der Waals surface area contributed by atoms with Gasteiger partial charge in [-0.05, 0) is 31.2 Å². The molecule has 1 atom stereocenters. The molecule has 0 aliphatic rings. The number of nitro benzene ring substituents is 1. The number of amides is 2. The minimum Gasteiger partial charge on any atom is -0.341 e. The zero-order valence-corrected chi connectivity index (χ0v) is 12.7. The summed E-state index contributed by atoms with van der Waals surface area (Å²) in [6.45, 7) is 1.45. The zero-order valence-electron chi connectivity index (χ0n) is 12.7. The molecule has 8 heteroatoms. The van der Waals surface area contributed by atoms with E-state index in [1.807, 2.05) is 0 Å². The van der Waals surface area contributed by atoms with Crippen molar-refractivity contribution >= 4 is 23.2 Å². The highest BCUT2D eigenvalue weighted by atomic mass is 19.1. The lowest BCUT2D eigenvalue weighted by Gasteiger charge is -2.14. The molecule has 0 bridgehead atoms. The molecule has 2 rings (SSSR count). The normalized spacial score (nSPS) is 11.4. The Bertz CT molecular complexity index is 794. The van der Waals surface area contributed by atoms with E-state index in [9.17, 15) is 24.1 Å². The molecule has 0 fully saturated rings. The number of hydrogen-bond donors (Lipinski definition) is 2. The Morgan fingerprint density at radius 3 is 2.54 bits per heavy atom. The number of nitrogens with one attached hydrogen (secondary N) is 2. The highest BCUT2D eigenvalue weighted by Crippen LogP contribution is 2.13. The standard InChI is InChI=1S/C16H14FN3O4/c1-10(15(21)19-13-6-3-5-12(17)9-13)18-16(22)11-4-2-7-14(8-11)20(23)24/h2-10H,1H3,(H,18,22)(H,19,21)/t10-/m0/s1. The second-order valence-electron chi connectivity index (χ2n) is 5.00. The van der Waals surface area contributed by atoms with Crippen LogP contribution in [0.4, 0.5) is 15.8 Å². The van der Waals surface area contributed by atoms with Crippen molar-refractivity contribution in [1.82, 2.24) is 5.32 Å². The van der Waals surface area contributed by atoms with Gasteiger partial charge in [0.1, 0.15) is 11.9 Å². The molecule has 2 aromatic carbocycles. The second-order valence-corrected chi connectivity index (χ2v) is 5.00. The van der Waals surface area contributed by atoms with Gasteiger partial charge >= 0.3 is 0 Å². The van der Waals surface area contributed by atoms with E-state index in [-0.39, 0.29) is 16.9 Å². The maximum absolute atomic E-state index is 13.1. The largest absolute Gasteiger partial charge is 0.341 e. The number of carbonyl (C=O) groups excluding carboxylic acids is 2. The zero-order chi connectivity index (χ0) is 17.7. The number of anilines is 1. The number of nitrogens with zero attached hydrogens (tertiary/aromatic N) is 1. The SMILES string of the molecule is C[C@H](NC(=O)c1cccc([N+](=O)[O-])c1)C(=O)Nc1cccc(F)c1. The Labute approximate surface area is 136 Å². The van der Waals surface area contributed by atoms with Gasteiger partial charge in [0.05, 0.1) is 4.92 Å². The van der Waals surface area contributed by atoms with E-state index in [1.54, 1.807) is 0 Å². The van der Waals surface area contributed by atoms with Crippen molar-refractivity contribution in [3.05, 3.63) is 70.0 Å². The minimum atomic E-state index is -0.917. The second kappa shape index (κ2) is 7.32. The molecule has 2 N–H and O–H groups in total. The average molecular weight is 331 g/mol. The van der Waals surface area contributed by atoms with Gasteiger partial charge in [-0.3, -0.25) is 19.7 Å². The third-order valence-electron chi connectivity index (χ3n) is 3.15. The summed E-state index contributed by atoms with van der Waals surface area (Å²) < 4.78 is 13.1. The first-order valence-corrected chi connectivity index (χ1v) is 6.98. The van der Waals surface area contributed by atoms with Crippen molar-refractivity contribution < 1.29 is 18.9 Å². The molecule has 0 unspecified atom stereocenters. The lowest BCUT2D eigenvalue weighted by Crippen LogP contribution is -2.41. The minimum absolute atomic E-state index is 0.0644. The van der Waals surface area contributed by atoms with Crippen LogP contribution in [0.2, 0.25) is 0 Å². The highest BCUT2D eigenvalue weighted by Gasteiger charge is 2.18. The summed E-state index contributed by atoms with van der Waals surface area (Å²) in [6, 6.07) is 9.58. The lowest BCUT2D eigenvalue weighted by atomic mass is 10.1. The summed E-state index contributed by atoms with van der Waals surface area (Å²) in [7, 11) is 0. The molecule has 0 aliphatic carbocycles. The van der Waals surface area contributed by atoms with Gasteiger partial charge in [0.15, 0.2) is 0 Å². The van der Waals surface area contributed by atoms with E-state index in [0.29, 0.717) is 0 Å². The van der Waals surface area contributed by atoms with Crippen molar-refractivity contribution in [2.75, 3.05) is 5.32 Å². The molecule has 2 amide bonds. The lowest BCUT2D eigenvalue weighted by molar-refractivity contribution is -0.384. The molecular formula is C16H14FN3O4. The van der Waals surface area contributed by atoms with Gasteiger partial charge in [-0.25, -0.2) is 4.39 Å². The smallest absolute Gasteiger partial charge is 0.270 e. The van der Waals surface area contributed by atoms with Gasteiger partial charge in [0.25, 0.3) is 11.6 Å². The first kappa shape index (κ1) is 17.1. The van der Waals surface area contributed by atoms with Crippen molar-refractivity contribution in [1.29, 1.82) is 0 Å². The number of halogens is 1. The van der Waals surface area contributed by atoms with Crippen LogP contribution in [0.25, 0.3) is 0 Å². The number of non-ortho nitro benzene ring substituents is 1. The van der Waals surface area contributed by atoms with Crippen LogP contribution in [0.15, 0.2) is 48.5 Å².